The van der Waals surface area contributed by atoms with Crippen molar-refractivity contribution in [3.8, 4) is 0 Å². The van der Waals surface area contributed by atoms with Crippen molar-refractivity contribution >= 4 is 0 Å². The van der Waals surface area contributed by atoms with E-state index in [2.05, 4.69) is 13.8 Å². The van der Waals surface area contributed by atoms with Gasteiger partial charge in [0, 0.05) is 5.41 Å². The molecular weight excluding hydrogens is 288 g/mol. The van der Waals surface area contributed by atoms with Crippen molar-refractivity contribution in [2.24, 2.45) is 34.0 Å². The molecule has 3 heteroatoms. The maximum Gasteiger partial charge on any atom is 0.0905 e. The number of aliphatic hydroxyl groups is 2. The summed E-state index contributed by atoms with van der Waals surface area (Å²) in [5.41, 5.74) is 0.437. The summed E-state index contributed by atoms with van der Waals surface area (Å²) in [6.07, 6.45) is 9.96. The minimum Gasteiger partial charge on any atom is -0.393 e. The van der Waals surface area contributed by atoms with E-state index in [-0.39, 0.29) is 6.61 Å². The Morgan fingerprint density at radius 1 is 1.04 bits per heavy atom. The number of aliphatic hydroxyl groups excluding tert-OH is 1. The summed E-state index contributed by atoms with van der Waals surface area (Å²) in [6.45, 7) is 5.99. The Labute approximate surface area is 139 Å². The number of hydrogen-bond donors (Lipinski definition) is 2. The van der Waals surface area contributed by atoms with Gasteiger partial charge in [-0.1, -0.05) is 13.8 Å². The van der Waals surface area contributed by atoms with Gasteiger partial charge in [0.25, 0.3) is 0 Å². The zero-order valence-electron chi connectivity index (χ0n) is 14.7. The van der Waals surface area contributed by atoms with Gasteiger partial charge in [-0.2, -0.15) is 0 Å². The van der Waals surface area contributed by atoms with E-state index in [1.54, 1.807) is 0 Å². The summed E-state index contributed by atoms with van der Waals surface area (Å²) in [7, 11) is 0. The summed E-state index contributed by atoms with van der Waals surface area (Å²) in [5, 5.41) is 20.6. The predicted octanol–water partition coefficient (Wildman–Crippen LogP) is 3.13. The van der Waals surface area contributed by atoms with E-state index in [4.69, 9.17) is 4.74 Å². The highest BCUT2D eigenvalue weighted by Crippen LogP contribution is 2.76. The van der Waals surface area contributed by atoms with Crippen molar-refractivity contribution < 1.29 is 14.9 Å². The van der Waals surface area contributed by atoms with Crippen LogP contribution in [-0.4, -0.2) is 35.1 Å². The van der Waals surface area contributed by atoms with Gasteiger partial charge < -0.3 is 14.9 Å². The van der Waals surface area contributed by atoms with Gasteiger partial charge in [-0.3, -0.25) is 0 Å². The Morgan fingerprint density at radius 2 is 1.87 bits per heavy atom. The third-order valence-corrected chi connectivity index (χ3v) is 9.76. The Hall–Kier alpha value is -0.120. The zero-order chi connectivity index (χ0) is 16.1. The molecule has 0 aromatic heterocycles. The number of ether oxygens (including phenoxy) is 1. The van der Waals surface area contributed by atoms with Crippen molar-refractivity contribution in [3.05, 3.63) is 0 Å². The molecule has 8 atom stereocenters. The maximum absolute atomic E-state index is 10.9. The van der Waals surface area contributed by atoms with Crippen molar-refractivity contribution in [1.82, 2.24) is 0 Å². The molecule has 23 heavy (non-hydrogen) atoms. The van der Waals surface area contributed by atoms with Gasteiger partial charge in [0.2, 0.25) is 0 Å². The lowest BCUT2D eigenvalue weighted by Gasteiger charge is -2.69. The molecule has 3 nitrogen and oxygen atoms in total. The van der Waals surface area contributed by atoms with Crippen LogP contribution in [0.2, 0.25) is 0 Å². The van der Waals surface area contributed by atoms with Gasteiger partial charge in [0.05, 0.1) is 24.9 Å². The van der Waals surface area contributed by atoms with E-state index < -0.39 is 5.60 Å². The largest absolute Gasteiger partial charge is 0.393 e. The first-order valence-electron chi connectivity index (χ1n) is 9.83. The lowest BCUT2D eigenvalue weighted by Crippen LogP contribution is -2.67. The van der Waals surface area contributed by atoms with Gasteiger partial charge in [0.1, 0.15) is 0 Å². The minimum absolute atomic E-state index is 0.0474. The zero-order valence-corrected chi connectivity index (χ0v) is 14.7. The van der Waals surface area contributed by atoms with Crippen LogP contribution in [0, 0.1) is 34.0 Å². The molecule has 2 bridgehead atoms. The SMILES string of the molecule is C[C@@]12CO[C@@H]1CC[C@@]1(C)[C@H]2CC[C@H]2C[C@@H]3C[C@@]21CC[C@]3(O)CO. The van der Waals surface area contributed by atoms with Gasteiger partial charge >= 0.3 is 0 Å². The van der Waals surface area contributed by atoms with Crippen molar-refractivity contribution in [1.29, 1.82) is 0 Å². The van der Waals surface area contributed by atoms with E-state index in [9.17, 15) is 10.2 Å². The normalized spacial score (nSPS) is 63.7. The fourth-order valence-electron chi connectivity index (χ4n) is 8.35. The molecule has 5 fully saturated rings. The molecule has 4 aliphatic carbocycles. The molecule has 2 N–H and O–H groups in total. The highest BCUT2D eigenvalue weighted by molar-refractivity contribution is 5.20. The summed E-state index contributed by atoms with van der Waals surface area (Å²) >= 11 is 0. The van der Waals surface area contributed by atoms with Crippen LogP contribution in [0.3, 0.4) is 0 Å². The highest BCUT2D eigenvalue weighted by Gasteiger charge is 2.71. The van der Waals surface area contributed by atoms with Crippen LogP contribution >= 0.6 is 0 Å². The molecule has 0 aromatic carbocycles. The van der Waals surface area contributed by atoms with Crippen molar-refractivity contribution in [2.45, 2.75) is 76.9 Å². The van der Waals surface area contributed by atoms with Crippen molar-refractivity contribution in [2.75, 3.05) is 13.2 Å². The number of fused-ring (bicyclic) bond motifs is 4. The minimum atomic E-state index is -0.796. The molecule has 0 unspecified atom stereocenters. The van der Waals surface area contributed by atoms with Gasteiger partial charge in [0.15, 0.2) is 0 Å². The number of hydrogen-bond acceptors (Lipinski definition) is 3. The summed E-state index contributed by atoms with van der Waals surface area (Å²) in [5.74, 6) is 1.89. The molecule has 4 saturated carbocycles. The molecule has 5 aliphatic rings. The Kier molecular flexibility index (Phi) is 2.86. The smallest absolute Gasteiger partial charge is 0.0905 e. The second-order valence-corrected chi connectivity index (χ2v) is 10.1. The first-order valence-corrected chi connectivity index (χ1v) is 9.83. The predicted molar refractivity (Wildman–Crippen MR) is 87.8 cm³/mol. The molecule has 0 aromatic rings. The molecule has 1 aliphatic heterocycles. The summed E-state index contributed by atoms with van der Waals surface area (Å²) in [6, 6.07) is 0. The van der Waals surface area contributed by atoms with Crippen LogP contribution in [0.25, 0.3) is 0 Å². The first-order chi connectivity index (χ1) is 10.9. The van der Waals surface area contributed by atoms with E-state index in [1.165, 1.54) is 25.7 Å². The van der Waals surface area contributed by atoms with E-state index in [1.807, 2.05) is 0 Å². The molecular formula is C20H32O3. The van der Waals surface area contributed by atoms with Crippen LogP contribution in [0.15, 0.2) is 0 Å². The van der Waals surface area contributed by atoms with E-state index in [0.717, 1.165) is 44.1 Å². The lowest BCUT2D eigenvalue weighted by atomic mass is 9.38. The fourth-order valence-corrected chi connectivity index (χ4v) is 8.35. The molecule has 1 heterocycles. The topological polar surface area (TPSA) is 49.7 Å². The molecule has 130 valence electrons. The van der Waals surface area contributed by atoms with Crippen LogP contribution in [0.5, 0.6) is 0 Å². The molecule has 5 rings (SSSR count). The quantitative estimate of drug-likeness (QED) is 0.780. The van der Waals surface area contributed by atoms with Gasteiger partial charge in [-0.15, -0.1) is 0 Å². The van der Waals surface area contributed by atoms with Crippen LogP contribution in [0.4, 0.5) is 0 Å². The van der Waals surface area contributed by atoms with Crippen LogP contribution in [0.1, 0.15) is 65.2 Å². The van der Waals surface area contributed by atoms with E-state index >= 15 is 0 Å². The molecule has 1 spiro atoms. The Bertz CT molecular complexity index is 535. The Morgan fingerprint density at radius 3 is 2.57 bits per heavy atom. The summed E-state index contributed by atoms with van der Waals surface area (Å²) in [4.78, 5) is 0. The highest BCUT2D eigenvalue weighted by atomic mass is 16.5. The average molecular weight is 320 g/mol. The van der Waals surface area contributed by atoms with Crippen LogP contribution in [-0.2, 0) is 4.74 Å². The molecule has 1 saturated heterocycles. The van der Waals surface area contributed by atoms with Crippen molar-refractivity contribution in [3.63, 3.8) is 0 Å². The standard InChI is InChI=1S/C20H32O3/c1-17-12-23-16(17)5-6-18(2)15(17)4-3-13-9-14-10-19(13,18)7-8-20(14,22)11-21/h13-16,21-22H,3-12H2,1-2H3/t13-,14+,15-,16+,17-,18-,19-,20-/m0/s1. The van der Waals surface area contributed by atoms with Gasteiger partial charge in [-0.05, 0) is 80.0 Å². The lowest BCUT2D eigenvalue weighted by molar-refractivity contribution is -0.289. The second-order valence-electron chi connectivity index (χ2n) is 10.1. The summed E-state index contributed by atoms with van der Waals surface area (Å²) < 4.78 is 5.92. The van der Waals surface area contributed by atoms with Crippen LogP contribution < -0.4 is 0 Å². The van der Waals surface area contributed by atoms with E-state index in [0.29, 0.717) is 28.3 Å². The van der Waals surface area contributed by atoms with Gasteiger partial charge in [-0.25, -0.2) is 0 Å². The molecule has 0 radical (unpaired) electrons. The fraction of sp³-hybridized carbons (Fsp3) is 1.00. The Balaban J connectivity index is 1.55. The molecule has 0 amide bonds. The average Bonchev–Trinajstić information content (AvgIpc) is 2.87. The monoisotopic (exact) mass is 320 g/mol. The third kappa shape index (κ3) is 1.54. The first kappa shape index (κ1) is 15.2. The number of rotatable bonds is 1. The third-order valence-electron chi connectivity index (χ3n) is 9.76. The maximum atomic E-state index is 10.9. The second kappa shape index (κ2) is 4.34.